The Morgan fingerprint density at radius 2 is 0.546 bits per heavy atom. The number of carbonyl (C=O) groups excluding carboxylic acids is 5. The molecular formula is C85H166N4Na2O15P2. The third-order valence-electron chi connectivity index (χ3n) is 19.7. The second-order valence-electron chi connectivity index (χ2n) is 30.0. The van der Waals surface area contributed by atoms with Gasteiger partial charge in [-0.1, -0.05) is 362 Å². The van der Waals surface area contributed by atoms with Gasteiger partial charge in [0.2, 0.25) is 11.8 Å². The Bertz CT molecular complexity index is 2080. The van der Waals surface area contributed by atoms with Gasteiger partial charge < -0.3 is 43.4 Å². The van der Waals surface area contributed by atoms with Crippen LogP contribution in [-0.2, 0) is 55.9 Å². The van der Waals surface area contributed by atoms with Crippen LogP contribution in [0.4, 0.5) is 4.79 Å². The monoisotopic (exact) mass is 1590 g/mol. The summed E-state index contributed by atoms with van der Waals surface area (Å²) < 4.78 is 60.8. The molecule has 628 valence electrons. The summed E-state index contributed by atoms with van der Waals surface area (Å²) in [5.74, 6) is -1.42. The molecule has 0 aliphatic rings. The van der Waals surface area contributed by atoms with Gasteiger partial charge in [-0.25, -0.2) is 13.9 Å². The molecule has 0 aromatic heterocycles. The second kappa shape index (κ2) is 83.8. The molecule has 0 rings (SSSR count). The Hall–Kier alpha value is -1.15. The van der Waals surface area contributed by atoms with Crippen molar-refractivity contribution in [1.82, 2.24) is 21.3 Å². The van der Waals surface area contributed by atoms with Crippen LogP contribution in [-0.4, -0.2) is 103 Å². The van der Waals surface area contributed by atoms with E-state index in [9.17, 15) is 42.9 Å². The molecule has 4 amide bonds. The predicted molar refractivity (Wildman–Crippen MR) is 440 cm³/mol. The summed E-state index contributed by atoms with van der Waals surface area (Å²) in [7, 11) is -9.63. The summed E-state index contributed by atoms with van der Waals surface area (Å²) in [6, 6.07) is -2.77. The van der Waals surface area contributed by atoms with Gasteiger partial charge in [-0.15, -0.1) is 0 Å². The van der Waals surface area contributed by atoms with Crippen molar-refractivity contribution in [3.8, 4) is 0 Å². The third-order valence-corrected chi connectivity index (χ3v) is 21.7. The molecule has 0 saturated heterocycles. The van der Waals surface area contributed by atoms with Crippen LogP contribution in [0.2, 0.25) is 0 Å². The van der Waals surface area contributed by atoms with Gasteiger partial charge >= 0.3 is 92.7 Å². The smallest absolute Gasteiger partial charge is 1.00 e. The van der Waals surface area contributed by atoms with Crippen LogP contribution in [0.1, 0.15) is 430 Å². The summed E-state index contributed by atoms with van der Waals surface area (Å²) in [6.07, 6.45) is 68.2. The first-order chi connectivity index (χ1) is 51.6. The molecule has 23 heteroatoms. The molecule has 0 aromatic rings. The van der Waals surface area contributed by atoms with Crippen LogP contribution in [0, 0.1) is 0 Å². The number of nitrogens with one attached hydrogen (secondary N) is 4. The standard InChI is InChI=1S/C85H164N4O15P2.2Na.2H/c1-7-13-19-25-31-37-39-45-49-55-61-67-81(90)88-77(79(65-59-53-47-41-33-27-21-15-9-3)103-83(92)69-63-57-51-43-35-29-23-17-11-5)75-101-105(95,96)99-73-71-86-85(94)87-72-74-100-106(97,98)102-76-78(89-82(91)68-62-56-50-46-40-38-32-26-20-14-8-2)80(66-60-54-48-42-34-28-22-16-10-4)104-84(93)70-64-58-52-44-36-30-24-18-12-6;;;;/h59-60,65-66,77-80H,7-58,61-64,67-76H2,1-6H3,(H,88,90)(H,89,91)(H,95,96)(H,97,98)(H2,86,87,94);;;;/q;2*+1;2*-1/b65-59+,66-60+;;;;/t77-,78-,79?,80?;;;;/m0..../s1. The number of rotatable bonds is 82. The molecule has 0 aromatic carbocycles. The number of unbranched alkanes of at least 4 members (excludes halogenated alkanes) is 50. The van der Waals surface area contributed by atoms with Crippen LogP contribution < -0.4 is 80.4 Å². The van der Waals surface area contributed by atoms with E-state index in [2.05, 4.69) is 62.8 Å². The van der Waals surface area contributed by atoms with Crippen molar-refractivity contribution in [2.75, 3.05) is 39.5 Å². The van der Waals surface area contributed by atoms with E-state index in [0.717, 1.165) is 128 Å². The molecule has 19 nitrogen and oxygen atoms in total. The molecule has 6 N–H and O–H groups in total. The average Bonchev–Trinajstić information content (AvgIpc) is 0.879. The number of ether oxygens (including phenoxy) is 2. The van der Waals surface area contributed by atoms with Gasteiger partial charge in [-0.2, -0.15) is 0 Å². The maximum Gasteiger partial charge on any atom is 1.00 e. The Balaban J connectivity index is -0.00000919. The number of phosphoric acid groups is 2. The fourth-order valence-corrected chi connectivity index (χ4v) is 14.5. The second-order valence-corrected chi connectivity index (χ2v) is 32.9. The van der Waals surface area contributed by atoms with Gasteiger partial charge in [0, 0.05) is 38.8 Å². The summed E-state index contributed by atoms with van der Waals surface area (Å²) in [5, 5.41) is 11.0. The van der Waals surface area contributed by atoms with Crippen LogP contribution in [0.15, 0.2) is 24.3 Å². The van der Waals surface area contributed by atoms with Crippen LogP contribution >= 0.6 is 15.6 Å². The predicted octanol–water partition coefficient (Wildman–Crippen LogP) is 18.2. The minimum atomic E-state index is -4.82. The average molecular weight is 1590 g/mol. The molecule has 0 aliphatic carbocycles. The van der Waals surface area contributed by atoms with Crippen molar-refractivity contribution >= 4 is 45.4 Å². The van der Waals surface area contributed by atoms with Gasteiger partial charge in [0.15, 0.2) is 0 Å². The number of hydrogen-bond acceptors (Lipinski definition) is 13. The van der Waals surface area contributed by atoms with Crippen LogP contribution in [0.25, 0.3) is 0 Å². The topological polar surface area (TPSA) is 263 Å². The SMILES string of the molecule is CCCCCCCCC/C=C/C(OC(=O)CCCCCCCCCCC)[C@H](COP(=O)(O)OCCNC(=O)NCCOP(=O)(O)OC[C@H](NC(=O)CCCCCCCCCCCCC)C(/C=C/CCCCCCCCC)OC(=O)CCCCCCCCCCC)NC(=O)CCCCCCCCCCCCC.[H-].[H-].[Na+].[Na+]. The quantitative estimate of drug-likeness (QED) is 0.0109. The number of allylic oxidation sites excluding steroid dienone is 2. The van der Waals surface area contributed by atoms with Crippen molar-refractivity contribution in [2.24, 2.45) is 0 Å². The molecule has 0 heterocycles. The van der Waals surface area contributed by atoms with E-state index in [-0.39, 0.29) is 113 Å². The Kier molecular flexibility index (Phi) is 86.1. The molecule has 0 fully saturated rings. The first-order valence-corrected chi connectivity index (χ1v) is 47.1. The van der Waals surface area contributed by atoms with Gasteiger partial charge in [0.25, 0.3) is 0 Å². The normalized spacial score (nSPS) is 13.8. The van der Waals surface area contributed by atoms with Gasteiger partial charge in [0.05, 0.1) is 38.5 Å². The third kappa shape index (κ3) is 77.4. The Labute approximate surface area is 708 Å². The number of urea groups is 1. The zero-order chi connectivity index (χ0) is 77.8. The van der Waals surface area contributed by atoms with E-state index >= 15 is 0 Å². The molecule has 0 radical (unpaired) electrons. The van der Waals surface area contributed by atoms with Crippen molar-refractivity contribution in [2.45, 2.75) is 451 Å². The van der Waals surface area contributed by atoms with E-state index in [4.69, 9.17) is 27.6 Å². The number of carbonyl (C=O) groups is 5. The molecular weight excluding hydrogens is 1420 g/mol. The molecule has 108 heavy (non-hydrogen) atoms. The Morgan fingerprint density at radius 3 is 0.796 bits per heavy atom. The summed E-state index contributed by atoms with van der Waals surface area (Å²) >= 11 is 0. The first kappa shape index (κ1) is 111. The van der Waals surface area contributed by atoms with E-state index in [1.165, 1.54) is 205 Å². The summed E-state index contributed by atoms with van der Waals surface area (Å²) in [6.45, 7) is 10.8. The van der Waals surface area contributed by atoms with Crippen molar-refractivity contribution in [3.63, 3.8) is 0 Å². The molecule has 0 bridgehead atoms. The van der Waals surface area contributed by atoms with Crippen LogP contribution in [0.5, 0.6) is 0 Å². The molecule has 0 aliphatic heterocycles. The fraction of sp³-hybridized carbons (Fsp3) is 0.894. The Morgan fingerprint density at radius 1 is 0.324 bits per heavy atom. The summed E-state index contributed by atoms with van der Waals surface area (Å²) in [5.41, 5.74) is 0. The van der Waals surface area contributed by atoms with E-state index in [1.54, 1.807) is 12.2 Å². The molecule has 0 spiro atoms. The minimum Gasteiger partial charge on any atom is -1.00 e. The summed E-state index contributed by atoms with van der Waals surface area (Å²) in [4.78, 5) is 89.3. The number of hydrogen-bond donors (Lipinski definition) is 6. The fourth-order valence-electron chi connectivity index (χ4n) is 13.0. The zero-order valence-corrected chi connectivity index (χ0v) is 76.7. The van der Waals surface area contributed by atoms with Crippen molar-refractivity contribution < 1.29 is 132 Å². The van der Waals surface area contributed by atoms with E-state index in [1.807, 2.05) is 12.2 Å². The number of amides is 4. The maximum absolute atomic E-state index is 13.7. The minimum absolute atomic E-state index is 0. The number of esters is 2. The van der Waals surface area contributed by atoms with Gasteiger partial charge in [0.1, 0.15) is 12.2 Å². The molecule has 6 atom stereocenters. The van der Waals surface area contributed by atoms with E-state index < -0.39 is 84.3 Å². The first-order valence-electron chi connectivity index (χ1n) is 44.1. The maximum atomic E-state index is 13.7. The van der Waals surface area contributed by atoms with Gasteiger partial charge in [-0.05, 0) is 63.5 Å². The molecule has 0 saturated carbocycles. The zero-order valence-electron chi connectivity index (χ0n) is 72.9. The largest absolute Gasteiger partial charge is 1.00 e. The van der Waals surface area contributed by atoms with Crippen molar-refractivity contribution in [3.05, 3.63) is 24.3 Å². The molecule has 4 unspecified atom stereocenters. The number of phosphoric ester groups is 2. The van der Waals surface area contributed by atoms with Gasteiger partial charge in [-0.3, -0.25) is 37.3 Å². The van der Waals surface area contributed by atoms with Crippen LogP contribution in [0.3, 0.4) is 0 Å². The van der Waals surface area contributed by atoms with E-state index in [0.29, 0.717) is 25.7 Å². The van der Waals surface area contributed by atoms with Crippen molar-refractivity contribution in [1.29, 1.82) is 0 Å².